The Morgan fingerprint density at radius 1 is 1.11 bits per heavy atom. The molecule has 1 amide bonds. The number of hydrogen-bond acceptors (Lipinski definition) is 3. The van der Waals surface area contributed by atoms with Gasteiger partial charge >= 0.3 is 0 Å². The largest absolute Gasteiger partial charge is 0.390 e. The van der Waals surface area contributed by atoms with E-state index in [1.807, 2.05) is 0 Å². The molecule has 150 valence electrons. The summed E-state index contributed by atoms with van der Waals surface area (Å²) in [6, 6.07) is 3.08. The lowest BCUT2D eigenvalue weighted by atomic mass is 9.66. The molecule has 2 fully saturated rings. The SMILES string of the molecule is O=C(Nc1ccc(CO)nc1)C1CC(F)(F)CCC1C1CCC(F)(F)CC1. The van der Waals surface area contributed by atoms with E-state index in [0.29, 0.717) is 11.4 Å². The van der Waals surface area contributed by atoms with Crippen LogP contribution in [0.25, 0.3) is 0 Å². The third-order valence-corrected chi connectivity index (χ3v) is 5.84. The number of aliphatic hydroxyl groups excluding tert-OH is 1. The van der Waals surface area contributed by atoms with Crippen molar-refractivity contribution in [1.29, 1.82) is 0 Å². The lowest BCUT2D eigenvalue weighted by Gasteiger charge is -2.42. The van der Waals surface area contributed by atoms with Gasteiger partial charge in [-0.25, -0.2) is 17.6 Å². The van der Waals surface area contributed by atoms with Crippen LogP contribution >= 0.6 is 0 Å². The smallest absolute Gasteiger partial charge is 0.248 e. The van der Waals surface area contributed by atoms with Crippen LogP contribution in [0.4, 0.5) is 23.2 Å². The topological polar surface area (TPSA) is 62.2 Å². The van der Waals surface area contributed by atoms with E-state index in [1.54, 1.807) is 6.07 Å². The van der Waals surface area contributed by atoms with Gasteiger partial charge in [0, 0.05) is 31.6 Å². The molecule has 2 atom stereocenters. The van der Waals surface area contributed by atoms with Crippen LogP contribution in [0.2, 0.25) is 0 Å². The molecule has 2 unspecified atom stereocenters. The number of aromatic nitrogens is 1. The fourth-order valence-corrected chi connectivity index (χ4v) is 4.32. The second-order valence-electron chi connectivity index (χ2n) is 7.75. The Morgan fingerprint density at radius 2 is 1.78 bits per heavy atom. The molecule has 27 heavy (non-hydrogen) atoms. The van der Waals surface area contributed by atoms with Gasteiger partial charge in [-0.3, -0.25) is 9.78 Å². The van der Waals surface area contributed by atoms with Gasteiger partial charge in [0.1, 0.15) is 0 Å². The fraction of sp³-hybridized carbons (Fsp3) is 0.684. The number of aliphatic hydroxyl groups is 1. The predicted octanol–water partition coefficient (Wildman–Crippen LogP) is 4.39. The van der Waals surface area contributed by atoms with Gasteiger partial charge in [-0.05, 0) is 43.2 Å². The number of halogens is 4. The van der Waals surface area contributed by atoms with Crippen LogP contribution in [0.15, 0.2) is 18.3 Å². The summed E-state index contributed by atoms with van der Waals surface area (Å²) in [4.78, 5) is 16.7. The second-order valence-corrected chi connectivity index (χ2v) is 7.75. The molecule has 1 aromatic rings. The van der Waals surface area contributed by atoms with Crippen molar-refractivity contribution in [3.63, 3.8) is 0 Å². The van der Waals surface area contributed by atoms with Crippen molar-refractivity contribution >= 4 is 11.6 Å². The molecule has 3 rings (SSSR count). The quantitative estimate of drug-likeness (QED) is 0.752. The Bertz CT molecular complexity index is 656. The molecule has 0 radical (unpaired) electrons. The monoisotopic (exact) mass is 388 g/mol. The summed E-state index contributed by atoms with van der Waals surface area (Å²) >= 11 is 0. The second kappa shape index (κ2) is 7.73. The minimum Gasteiger partial charge on any atom is -0.390 e. The lowest BCUT2D eigenvalue weighted by Crippen LogP contribution is -2.43. The van der Waals surface area contributed by atoms with E-state index >= 15 is 0 Å². The maximum absolute atomic E-state index is 14.0. The van der Waals surface area contributed by atoms with Gasteiger partial charge in [0.25, 0.3) is 0 Å². The third kappa shape index (κ3) is 4.97. The van der Waals surface area contributed by atoms with Crippen LogP contribution in [-0.2, 0) is 11.4 Å². The molecule has 8 heteroatoms. The number of carbonyl (C=O) groups is 1. The maximum atomic E-state index is 14.0. The standard InChI is InChI=1S/C19H24F4N2O2/c20-18(21)6-3-12(4-7-18)15-5-8-19(22,23)9-16(15)17(27)25-13-1-2-14(11-26)24-10-13/h1-2,10,12,15-16,26H,3-9,11H2,(H,25,27). The number of nitrogens with one attached hydrogen (secondary N) is 1. The zero-order valence-electron chi connectivity index (χ0n) is 14.9. The average Bonchev–Trinajstić information content (AvgIpc) is 2.62. The van der Waals surface area contributed by atoms with E-state index < -0.39 is 30.1 Å². The molecule has 0 aliphatic heterocycles. The number of rotatable bonds is 4. The molecule has 2 aliphatic rings. The molecule has 2 N–H and O–H groups in total. The number of amides is 1. The first-order chi connectivity index (χ1) is 12.7. The Balaban J connectivity index is 1.72. The molecule has 0 spiro atoms. The zero-order valence-corrected chi connectivity index (χ0v) is 14.9. The van der Waals surface area contributed by atoms with Gasteiger partial charge in [-0.2, -0.15) is 0 Å². The van der Waals surface area contributed by atoms with Crippen molar-refractivity contribution in [2.75, 3.05) is 5.32 Å². The highest BCUT2D eigenvalue weighted by Gasteiger charge is 2.48. The molecular weight excluding hydrogens is 364 g/mol. The summed E-state index contributed by atoms with van der Waals surface area (Å²) < 4.78 is 54.8. The van der Waals surface area contributed by atoms with Gasteiger partial charge in [-0.15, -0.1) is 0 Å². The molecule has 0 aromatic carbocycles. The maximum Gasteiger partial charge on any atom is 0.248 e. The van der Waals surface area contributed by atoms with Gasteiger partial charge in [-0.1, -0.05) is 0 Å². The molecule has 1 heterocycles. The molecule has 2 aliphatic carbocycles. The summed E-state index contributed by atoms with van der Waals surface area (Å²) in [5.74, 6) is -7.49. The molecule has 0 saturated heterocycles. The number of nitrogens with zero attached hydrogens (tertiary/aromatic N) is 1. The van der Waals surface area contributed by atoms with Crippen LogP contribution in [0.3, 0.4) is 0 Å². The van der Waals surface area contributed by atoms with Crippen molar-refractivity contribution in [1.82, 2.24) is 4.98 Å². The van der Waals surface area contributed by atoms with E-state index in [9.17, 15) is 22.4 Å². The van der Waals surface area contributed by atoms with E-state index in [0.717, 1.165) is 0 Å². The van der Waals surface area contributed by atoms with Gasteiger partial charge < -0.3 is 10.4 Å². The first-order valence-electron chi connectivity index (χ1n) is 9.31. The highest BCUT2D eigenvalue weighted by molar-refractivity contribution is 5.92. The van der Waals surface area contributed by atoms with Crippen LogP contribution in [-0.4, -0.2) is 27.8 Å². The van der Waals surface area contributed by atoms with Gasteiger partial charge in [0.2, 0.25) is 17.8 Å². The van der Waals surface area contributed by atoms with Crippen LogP contribution in [0.1, 0.15) is 50.6 Å². The minimum absolute atomic E-state index is 0.133. The number of anilines is 1. The average molecular weight is 388 g/mol. The number of hydrogen-bond donors (Lipinski definition) is 2. The zero-order chi connectivity index (χ0) is 19.7. The van der Waals surface area contributed by atoms with Crippen LogP contribution < -0.4 is 5.32 Å². The van der Waals surface area contributed by atoms with Crippen molar-refractivity contribution in [2.45, 2.75) is 63.4 Å². The van der Waals surface area contributed by atoms with Crippen LogP contribution in [0, 0.1) is 17.8 Å². The molecule has 2 saturated carbocycles. The van der Waals surface area contributed by atoms with E-state index in [-0.39, 0.29) is 57.0 Å². The Kier molecular flexibility index (Phi) is 5.74. The first-order valence-corrected chi connectivity index (χ1v) is 9.31. The highest BCUT2D eigenvalue weighted by atomic mass is 19.3. The Labute approximate surface area is 155 Å². The van der Waals surface area contributed by atoms with Crippen molar-refractivity contribution in [3.05, 3.63) is 24.0 Å². The van der Waals surface area contributed by atoms with E-state index in [1.165, 1.54) is 12.3 Å². The van der Waals surface area contributed by atoms with Crippen molar-refractivity contribution in [2.24, 2.45) is 17.8 Å². The normalized spacial score (nSPS) is 27.9. The van der Waals surface area contributed by atoms with Crippen molar-refractivity contribution in [3.8, 4) is 0 Å². The third-order valence-electron chi connectivity index (χ3n) is 5.84. The number of pyridine rings is 1. The molecule has 4 nitrogen and oxygen atoms in total. The Hall–Kier alpha value is -1.70. The van der Waals surface area contributed by atoms with Gasteiger partial charge in [0.15, 0.2) is 0 Å². The summed E-state index contributed by atoms with van der Waals surface area (Å²) in [6.45, 7) is -0.239. The van der Waals surface area contributed by atoms with Crippen molar-refractivity contribution < 1.29 is 27.5 Å². The van der Waals surface area contributed by atoms with Gasteiger partial charge in [0.05, 0.1) is 24.2 Å². The molecule has 0 bridgehead atoms. The molecule has 1 aromatic heterocycles. The summed E-state index contributed by atoms with van der Waals surface area (Å²) in [5.41, 5.74) is 0.790. The van der Waals surface area contributed by atoms with E-state index in [2.05, 4.69) is 10.3 Å². The highest BCUT2D eigenvalue weighted by Crippen LogP contribution is 2.49. The number of carbonyl (C=O) groups excluding carboxylic acids is 1. The first kappa shape index (κ1) is 20.0. The minimum atomic E-state index is -2.92. The summed E-state index contributed by atoms with van der Waals surface area (Å²) in [7, 11) is 0. The number of alkyl halides is 4. The molecular formula is C19H24F4N2O2. The predicted molar refractivity (Wildman–Crippen MR) is 91.5 cm³/mol. The Morgan fingerprint density at radius 3 is 2.37 bits per heavy atom. The summed E-state index contributed by atoms with van der Waals surface area (Å²) in [6.07, 6.45) is 0.708. The van der Waals surface area contributed by atoms with Crippen LogP contribution in [0.5, 0.6) is 0 Å². The lowest BCUT2D eigenvalue weighted by molar-refractivity contribution is -0.136. The summed E-state index contributed by atoms with van der Waals surface area (Å²) in [5, 5.41) is 11.6. The van der Waals surface area contributed by atoms with E-state index in [4.69, 9.17) is 5.11 Å². The fourth-order valence-electron chi connectivity index (χ4n) is 4.32.